The van der Waals surface area contributed by atoms with Crippen molar-refractivity contribution in [1.82, 2.24) is 0 Å². The van der Waals surface area contributed by atoms with Crippen molar-refractivity contribution in [1.29, 1.82) is 0 Å². The summed E-state index contributed by atoms with van der Waals surface area (Å²) < 4.78 is 37.2. The van der Waals surface area contributed by atoms with Gasteiger partial charge < -0.3 is 14.2 Å². The first-order valence-electron chi connectivity index (χ1n) is 11.7. The Kier molecular flexibility index (Phi) is 24.2. The molecule has 1 atom stereocenters. The van der Waals surface area contributed by atoms with E-state index in [0.717, 1.165) is 12.8 Å². The molecular weight excluding hydrogens is 391 g/mol. The van der Waals surface area contributed by atoms with E-state index in [2.05, 4.69) is 22.9 Å². The summed E-state index contributed by atoms with van der Waals surface area (Å²) in [5, 5.41) is 0. The summed E-state index contributed by atoms with van der Waals surface area (Å²) in [6.07, 6.45) is 10.0. The maximum Gasteiger partial charge on any atom is 0.697 e. The van der Waals surface area contributed by atoms with Crippen molar-refractivity contribution in [2.45, 2.75) is 106 Å². The van der Waals surface area contributed by atoms with E-state index in [0.29, 0.717) is 39.0 Å². The van der Waals surface area contributed by atoms with Gasteiger partial charge in [0, 0.05) is 30.3 Å². The average Bonchev–Trinajstić information content (AvgIpc) is 2.69. The lowest BCUT2D eigenvalue weighted by molar-refractivity contribution is -0.402. The van der Waals surface area contributed by atoms with E-state index < -0.39 is 14.2 Å². The topological polar surface area (TPSA) is 63.2 Å². The Labute approximate surface area is 181 Å². The number of hydrogen-bond donors (Lipinski definition) is 0. The molecule has 29 heavy (non-hydrogen) atoms. The van der Waals surface area contributed by atoms with Gasteiger partial charge in [-0.2, -0.15) is 0 Å². The zero-order chi connectivity index (χ0) is 22.4. The monoisotopic (exact) mass is 439 g/mol. The van der Waals surface area contributed by atoms with Gasteiger partial charge in [-0.05, 0) is 47.5 Å². The molecule has 0 aromatic heterocycles. The SMILES string of the molecule is CCCCCCCCC(CC)C(OCC)(OCC)OCC.CCO[P+](=O)OCC. The molecule has 6 nitrogen and oxygen atoms in total. The van der Waals surface area contributed by atoms with E-state index >= 15 is 0 Å². The lowest BCUT2D eigenvalue weighted by atomic mass is 9.95. The van der Waals surface area contributed by atoms with Crippen LogP contribution in [0.1, 0.15) is 99.8 Å². The third-order valence-corrected chi connectivity index (χ3v) is 5.34. The Morgan fingerprint density at radius 2 is 1.10 bits per heavy atom. The maximum absolute atomic E-state index is 10.3. The molecule has 0 spiro atoms. The Morgan fingerprint density at radius 1 is 0.655 bits per heavy atom. The van der Waals surface area contributed by atoms with Crippen LogP contribution in [-0.2, 0) is 27.8 Å². The Hall–Kier alpha value is -0.100. The molecule has 0 saturated heterocycles. The molecule has 0 bridgehead atoms. The van der Waals surface area contributed by atoms with Gasteiger partial charge in [-0.3, -0.25) is 0 Å². The molecule has 0 aliphatic heterocycles. The summed E-state index contributed by atoms with van der Waals surface area (Å²) in [5.74, 6) is -0.528. The van der Waals surface area contributed by atoms with Crippen LogP contribution >= 0.6 is 8.25 Å². The fraction of sp³-hybridized carbons (Fsp3) is 1.00. The minimum atomic E-state index is -1.83. The van der Waals surface area contributed by atoms with Gasteiger partial charge in [0.2, 0.25) is 0 Å². The van der Waals surface area contributed by atoms with Crippen LogP contribution in [-0.4, -0.2) is 39.0 Å². The molecule has 176 valence electrons. The van der Waals surface area contributed by atoms with E-state index in [1.54, 1.807) is 13.8 Å². The molecule has 0 amide bonds. The van der Waals surface area contributed by atoms with E-state index in [-0.39, 0.29) is 0 Å². The summed E-state index contributed by atoms with van der Waals surface area (Å²) in [6, 6.07) is 0. The number of hydrogen-bond acceptors (Lipinski definition) is 6. The standard InChI is InChI=1S/C18H38O3.C4H10O3P/c1-6-11-12-13-14-15-16-17(7-2)18(19-8-3,20-9-4)21-10-5;1-3-6-8(5)7-4-2/h17H,6-16H2,1-5H3;3-4H2,1-2H3/q;+1. The molecule has 0 aliphatic rings. The van der Waals surface area contributed by atoms with Crippen molar-refractivity contribution < 1.29 is 27.8 Å². The Bertz CT molecular complexity index is 329. The molecule has 7 heteroatoms. The van der Waals surface area contributed by atoms with Crippen LogP contribution in [0.4, 0.5) is 0 Å². The molecule has 0 aliphatic carbocycles. The van der Waals surface area contributed by atoms with Crippen LogP contribution in [0, 0.1) is 5.92 Å². The molecule has 0 rings (SSSR count). The fourth-order valence-corrected chi connectivity index (χ4v) is 3.63. The highest BCUT2D eigenvalue weighted by molar-refractivity contribution is 7.33. The molecule has 0 N–H and O–H groups in total. The first-order valence-corrected chi connectivity index (χ1v) is 12.8. The molecule has 0 fully saturated rings. The van der Waals surface area contributed by atoms with Gasteiger partial charge in [0.15, 0.2) is 0 Å². The fourth-order valence-electron chi connectivity index (χ4n) is 3.13. The van der Waals surface area contributed by atoms with Crippen LogP contribution in [0.2, 0.25) is 0 Å². The summed E-state index contributed by atoms with van der Waals surface area (Å²) in [6.45, 7) is 16.7. The molecule has 0 saturated carbocycles. The lowest BCUT2D eigenvalue weighted by Crippen LogP contribution is -2.46. The third kappa shape index (κ3) is 16.3. The predicted octanol–water partition coefficient (Wildman–Crippen LogP) is 7.24. The molecular formula is C22H48O6P+. The van der Waals surface area contributed by atoms with Crippen LogP contribution in [0.5, 0.6) is 0 Å². The van der Waals surface area contributed by atoms with Gasteiger partial charge in [0.05, 0.1) is 0 Å². The average molecular weight is 440 g/mol. The second-order valence-corrected chi connectivity index (χ2v) is 7.59. The van der Waals surface area contributed by atoms with Gasteiger partial charge in [-0.15, -0.1) is 9.05 Å². The molecule has 0 heterocycles. The van der Waals surface area contributed by atoms with E-state index in [4.69, 9.17) is 14.2 Å². The zero-order valence-electron chi connectivity index (χ0n) is 20.2. The first kappa shape index (κ1) is 31.1. The molecule has 0 radical (unpaired) electrons. The maximum atomic E-state index is 10.3. The second kappa shape index (κ2) is 22.6. The normalized spacial score (nSPS) is 12.4. The van der Waals surface area contributed by atoms with Crippen LogP contribution in [0.3, 0.4) is 0 Å². The Morgan fingerprint density at radius 3 is 1.48 bits per heavy atom. The van der Waals surface area contributed by atoms with Gasteiger partial charge in [0.1, 0.15) is 13.2 Å². The Balaban J connectivity index is 0. The van der Waals surface area contributed by atoms with Crippen LogP contribution < -0.4 is 0 Å². The highest BCUT2D eigenvalue weighted by Gasteiger charge is 2.40. The van der Waals surface area contributed by atoms with E-state index in [9.17, 15) is 4.57 Å². The third-order valence-electron chi connectivity index (χ3n) is 4.40. The summed E-state index contributed by atoms with van der Waals surface area (Å²) in [4.78, 5) is 0. The first-order chi connectivity index (χ1) is 14.0. The van der Waals surface area contributed by atoms with E-state index in [1.165, 1.54) is 38.5 Å². The molecule has 0 aromatic rings. The summed E-state index contributed by atoms with van der Waals surface area (Å²) >= 11 is 0. The highest BCUT2D eigenvalue weighted by Crippen LogP contribution is 2.32. The number of rotatable bonds is 19. The van der Waals surface area contributed by atoms with Crippen molar-refractivity contribution >= 4 is 8.25 Å². The van der Waals surface area contributed by atoms with Crippen molar-refractivity contribution in [3.8, 4) is 0 Å². The highest BCUT2D eigenvalue weighted by atomic mass is 31.1. The minimum Gasteiger partial charge on any atom is -0.328 e. The van der Waals surface area contributed by atoms with Crippen molar-refractivity contribution in [2.75, 3.05) is 33.0 Å². The van der Waals surface area contributed by atoms with Crippen molar-refractivity contribution in [3.63, 3.8) is 0 Å². The quantitative estimate of drug-likeness (QED) is 0.120. The molecule has 1 unspecified atom stereocenters. The largest absolute Gasteiger partial charge is 0.697 e. The van der Waals surface area contributed by atoms with Crippen molar-refractivity contribution in [3.05, 3.63) is 0 Å². The van der Waals surface area contributed by atoms with Crippen LogP contribution in [0.15, 0.2) is 0 Å². The van der Waals surface area contributed by atoms with Gasteiger partial charge in [0.25, 0.3) is 5.97 Å². The van der Waals surface area contributed by atoms with Gasteiger partial charge in [-0.1, -0.05) is 52.4 Å². The second-order valence-electron chi connectivity index (χ2n) is 6.62. The number of unbranched alkanes of at least 4 members (excludes halogenated alkanes) is 5. The summed E-state index contributed by atoms with van der Waals surface area (Å²) in [5.41, 5.74) is 0. The minimum absolute atomic E-state index is 0.309. The number of ether oxygens (including phenoxy) is 3. The summed E-state index contributed by atoms with van der Waals surface area (Å²) in [7, 11) is -1.83. The lowest BCUT2D eigenvalue weighted by Gasteiger charge is -2.38. The van der Waals surface area contributed by atoms with Crippen LogP contribution in [0.25, 0.3) is 0 Å². The molecule has 0 aromatic carbocycles. The van der Waals surface area contributed by atoms with Gasteiger partial charge in [-0.25, -0.2) is 0 Å². The van der Waals surface area contributed by atoms with E-state index in [1.807, 2.05) is 20.8 Å². The smallest absolute Gasteiger partial charge is 0.328 e. The van der Waals surface area contributed by atoms with Gasteiger partial charge >= 0.3 is 8.25 Å². The predicted molar refractivity (Wildman–Crippen MR) is 120 cm³/mol. The zero-order valence-corrected chi connectivity index (χ0v) is 21.1. The van der Waals surface area contributed by atoms with Crippen molar-refractivity contribution in [2.24, 2.45) is 5.92 Å².